The van der Waals surface area contributed by atoms with Crippen LogP contribution in [0.4, 0.5) is 0 Å². The van der Waals surface area contributed by atoms with Crippen molar-refractivity contribution in [3.8, 4) is 0 Å². The van der Waals surface area contributed by atoms with Crippen molar-refractivity contribution in [1.82, 2.24) is 15.3 Å². The zero-order chi connectivity index (χ0) is 12.1. The molecule has 0 bridgehead atoms. The Morgan fingerprint density at radius 1 is 1.35 bits per heavy atom. The van der Waals surface area contributed by atoms with Gasteiger partial charge in [0.25, 0.3) is 5.91 Å². The Balaban J connectivity index is 2.04. The molecule has 5 nitrogen and oxygen atoms in total. The Kier molecular flexibility index (Phi) is 3.30. The van der Waals surface area contributed by atoms with Gasteiger partial charge in [-0.3, -0.25) is 14.6 Å². The van der Waals surface area contributed by atoms with E-state index in [1.165, 1.54) is 18.5 Å². The minimum atomic E-state index is -0.405. The number of rotatable bonds is 3. The Morgan fingerprint density at radius 3 is 2.94 bits per heavy atom. The molecule has 17 heavy (non-hydrogen) atoms. The summed E-state index contributed by atoms with van der Waals surface area (Å²) in [5, 5.41) is 2.63. The van der Waals surface area contributed by atoms with Gasteiger partial charge in [-0.25, -0.2) is 0 Å². The maximum Gasteiger partial charge on any atom is 0.257 e. The molecule has 0 spiro atoms. The second-order valence-electron chi connectivity index (χ2n) is 3.43. The van der Waals surface area contributed by atoms with Crippen molar-refractivity contribution in [2.75, 3.05) is 0 Å². The van der Waals surface area contributed by atoms with Crippen LogP contribution < -0.4 is 10.7 Å². The van der Waals surface area contributed by atoms with Gasteiger partial charge in [0, 0.05) is 24.7 Å². The van der Waals surface area contributed by atoms with E-state index in [4.69, 9.17) is 0 Å². The predicted molar refractivity (Wildman–Crippen MR) is 62.5 cm³/mol. The van der Waals surface area contributed by atoms with E-state index in [0.717, 1.165) is 5.69 Å². The summed E-state index contributed by atoms with van der Waals surface area (Å²) in [5.74, 6) is -0.405. The van der Waals surface area contributed by atoms with Crippen molar-refractivity contribution in [3.05, 3.63) is 64.3 Å². The first-order valence-electron chi connectivity index (χ1n) is 5.12. The number of pyridine rings is 2. The average Bonchev–Trinajstić information content (AvgIpc) is 2.38. The number of hydrogen-bond donors (Lipinski definition) is 2. The van der Waals surface area contributed by atoms with Crippen LogP contribution in [0, 0.1) is 0 Å². The highest BCUT2D eigenvalue weighted by Gasteiger charge is 2.08. The average molecular weight is 229 g/mol. The summed E-state index contributed by atoms with van der Waals surface area (Å²) in [7, 11) is 0. The predicted octanol–water partition coefficient (Wildman–Crippen LogP) is 0.700. The molecule has 2 rings (SSSR count). The fourth-order valence-corrected chi connectivity index (χ4v) is 1.36. The second-order valence-corrected chi connectivity index (χ2v) is 3.43. The van der Waals surface area contributed by atoms with Crippen molar-refractivity contribution in [1.29, 1.82) is 0 Å². The maximum absolute atomic E-state index is 11.7. The van der Waals surface area contributed by atoms with Crippen LogP contribution >= 0.6 is 0 Å². The molecule has 2 N–H and O–H groups in total. The van der Waals surface area contributed by atoms with Gasteiger partial charge >= 0.3 is 0 Å². The van der Waals surface area contributed by atoms with Crippen molar-refractivity contribution in [2.24, 2.45) is 0 Å². The maximum atomic E-state index is 11.7. The Labute approximate surface area is 97.5 Å². The van der Waals surface area contributed by atoms with Crippen molar-refractivity contribution >= 4 is 5.91 Å². The number of carbonyl (C=O) groups is 1. The summed E-state index contributed by atoms with van der Waals surface area (Å²) in [6.45, 7) is 0.300. The van der Waals surface area contributed by atoms with Gasteiger partial charge in [-0.15, -0.1) is 0 Å². The number of aromatic nitrogens is 2. The van der Waals surface area contributed by atoms with Gasteiger partial charge in [-0.05, 0) is 12.1 Å². The SMILES string of the molecule is O=C(NCc1ccccn1)c1c[nH]ccc1=O. The first-order chi connectivity index (χ1) is 8.27. The third-order valence-electron chi connectivity index (χ3n) is 2.22. The number of aromatic amines is 1. The molecule has 0 atom stereocenters. The van der Waals surface area contributed by atoms with Gasteiger partial charge in [0.1, 0.15) is 5.56 Å². The summed E-state index contributed by atoms with van der Waals surface area (Å²) in [6.07, 6.45) is 4.52. The number of amides is 1. The number of nitrogens with zero attached hydrogens (tertiary/aromatic N) is 1. The van der Waals surface area contributed by atoms with Gasteiger partial charge in [0.05, 0.1) is 12.2 Å². The van der Waals surface area contributed by atoms with Gasteiger partial charge in [-0.2, -0.15) is 0 Å². The molecule has 0 saturated carbocycles. The number of hydrogen-bond acceptors (Lipinski definition) is 3. The molecule has 0 radical (unpaired) electrons. The lowest BCUT2D eigenvalue weighted by Crippen LogP contribution is -2.28. The Morgan fingerprint density at radius 2 is 2.24 bits per heavy atom. The topological polar surface area (TPSA) is 74.8 Å². The zero-order valence-corrected chi connectivity index (χ0v) is 9.01. The third-order valence-corrected chi connectivity index (χ3v) is 2.22. The van der Waals surface area contributed by atoms with Crippen LogP contribution in [0.5, 0.6) is 0 Å². The van der Waals surface area contributed by atoms with E-state index in [0.29, 0.717) is 6.54 Å². The van der Waals surface area contributed by atoms with E-state index in [2.05, 4.69) is 15.3 Å². The molecule has 0 saturated heterocycles. The number of nitrogens with one attached hydrogen (secondary N) is 2. The van der Waals surface area contributed by atoms with E-state index >= 15 is 0 Å². The zero-order valence-electron chi connectivity index (χ0n) is 9.01. The van der Waals surface area contributed by atoms with E-state index in [1.807, 2.05) is 6.07 Å². The normalized spacial score (nSPS) is 9.88. The fraction of sp³-hybridized carbons (Fsp3) is 0.0833. The van der Waals surface area contributed by atoms with Crippen LogP contribution in [-0.4, -0.2) is 15.9 Å². The van der Waals surface area contributed by atoms with Gasteiger partial charge in [-0.1, -0.05) is 6.07 Å². The smallest absolute Gasteiger partial charge is 0.257 e. The molecule has 0 aliphatic heterocycles. The van der Waals surface area contributed by atoms with Gasteiger partial charge < -0.3 is 10.3 Å². The monoisotopic (exact) mass is 229 g/mol. The van der Waals surface area contributed by atoms with E-state index in [1.54, 1.807) is 18.3 Å². The highest BCUT2D eigenvalue weighted by atomic mass is 16.2. The number of carbonyl (C=O) groups excluding carboxylic acids is 1. The molecular weight excluding hydrogens is 218 g/mol. The molecule has 2 aromatic rings. The van der Waals surface area contributed by atoms with E-state index in [-0.39, 0.29) is 11.0 Å². The fourth-order valence-electron chi connectivity index (χ4n) is 1.36. The van der Waals surface area contributed by atoms with Crippen LogP contribution in [0.25, 0.3) is 0 Å². The lowest BCUT2D eigenvalue weighted by atomic mass is 10.2. The van der Waals surface area contributed by atoms with Crippen LogP contribution in [0.15, 0.2) is 47.7 Å². The van der Waals surface area contributed by atoms with Crippen LogP contribution in [0.3, 0.4) is 0 Å². The van der Waals surface area contributed by atoms with Crippen LogP contribution in [0.2, 0.25) is 0 Å². The summed E-state index contributed by atoms with van der Waals surface area (Å²) < 4.78 is 0. The van der Waals surface area contributed by atoms with Crippen LogP contribution in [0.1, 0.15) is 16.1 Å². The summed E-state index contributed by atoms with van der Waals surface area (Å²) in [5.41, 5.74) is 0.541. The minimum Gasteiger partial charge on any atom is -0.367 e. The quantitative estimate of drug-likeness (QED) is 0.813. The Bertz CT molecular complexity index is 563. The molecule has 5 heteroatoms. The first-order valence-corrected chi connectivity index (χ1v) is 5.12. The summed E-state index contributed by atoms with van der Waals surface area (Å²) >= 11 is 0. The molecule has 0 unspecified atom stereocenters. The molecule has 2 heterocycles. The largest absolute Gasteiger partial charge is 0.367 e. The molecule has 1 amide bonds. The van der Waals surface area contributed by atoms with E-state index in [9.17, 15) is 9.59 Å². The molecule has 2 aromatic heterocycles. The second kappa shape index (κ2) is 5.07. The van der Waals surface area contributed by atoms with Crippen molar-refractivity contribution in [3.63, 3.8) is 0 Å². The van der Waals surface area contributed by atoms with Crippen LogP contribution in [-0.2, 0) is 6.54 Å². The Hall–Kier alpha value is -2.43. The molecule has 86 valence electrons. The highest BCUT2D eigenvalue weighted by Crippen LogP contribution is 1.94. The third kappa shape index (κ3) is 2.78. The lowest BCUT2D eigenvalue weighted by Gasteiger charge is -2.03. The summed E-state index contributed by atoms with van der Waals surface area (Å²) in [4.78, 5) is 29.8. The molecule has 0 fully saturated rings. The van der Waals surface area contributed by atoms with Gasteiger partial charge in [0.15, 0.2) is 5.43 Å². The van der Waals surface area contributed by atoms with Crippen molar-refractivity contribution in [2.45, 2.75) is 6.54 Å². The highest BCUT2D eigenvalue weighted by molar-refractivity contribution is 5.93. The molecule has 0 aromatic carbocycles. The molecule has 0 aliphatic rings. The number of H-pyrrole nitrogens is 1. The standard InChI is InChI=1S/C12H11N3O2/c16-11-4-6-13-8-10(11)12(17)15-7-9-3-1-2-5-14-9/h1-6,8H,7H2,(H,13,16)(H,15,17). The first kappa shape index (κ1) is 11.1. The lowest BCUT2D eigenvalue weighted by molar-refractivity contribution is 0.0949. The molecular formula is C12H11N3O2. The van der Waals surface area contributed by atoms with E-state index < -0.39 is 5.91 Å². The van der Waals surface area contributed by atoms with Gasteiger partial charge in [0.2, 0.25) is 0 Å². The summed E-state index contributed by atoms with van der Waals surface area (Å²) in [6, 6.07) is 6.75. The molecule has 0 aliphatic carbocycles. The van der Waals surface area contributed by atoms with Crippen molar-refractivity contribution < 1.29 is 4.79 Å². The minimum absolute atomic E-state index is 0.100.